The minimum absolute atomic E-state index is 0.120. The summed E-state index contributed by atoms with van der Waals surface area (Å²) in [4.78, 5) is 21.9. The Balaban J connectivity index is 2.68. The second kappa shape index (κ2) is 5.22. The number of amides is 2. The first-order valence-electron chi connectivity index (χ1n) is 4.41. The van der Waals surface area contributed by atoms with Crippen LogP contribution < -0.4 is 5.32 Å². The van der Waals surface area contributed by atoms with Crippen LogP contribution in [0.4, 0.5) is 4.79 Å². The summed E-state index contributed by atoms with van der Waals surface area (Å²) in [7, 11) is 0. The number of carbonyl (C=O) groups is 2. The van der Waals surface area contributed by atoms with Crippen LogP contribution in [0.5, 0.6) is 0 Å². The molecule has 0 aromatic rings. The standard InChI is InChI=1S/C8H10NO6.Hg/c1-3-4(11)5(12)7(15-3)6(13)8(14)9-2-10;/h4-7,11-13H,1H2,(H,9,10,14);. The van der Waals surface area contributed by atoms with E-state index in [-0.39, 0.29) is 31.9 Å². The first kappa shape index (κ1) is 13.6. The number of carbonyl (C=O) groups excluding carboxylic acids is 2. The van der Waals surface area contributed by atoms with Gasteiger partial charge in [-0.3, -0.25) is 0 Å². The van der Waals surface area contributed by atoms with Gasteiger partial charge in [-0.05, 0) is 0 Å². The Labute approximate surface area is 107 Å². The van der Waals surface area contributed by atoms with E-state index in [1.807, 2.05) is 5.32 Å². The topological polar surface area (TPSA) is 116 Å². The van der Waals surface area contributed by atoms with Crippen molar-refractivity contribution in [2.24, 2.45) is 0 Å². The van der Waals surface area contributed by atoms with Crippen LogP contribution in [0.3, 0.4) is 0 Å². The molecule has 1 heterocycles. The summed E-state index contributed by atoms with van der Waals surface area (Å²) in [5.41, 5.74) is 0. The van der Waals surface area contributed by atoms with Crippen molar-refractivity contribution < 1.29 is 55.8 Å². The summed E-state index contributed by atoms with van der Waals surface area (Å²) in [5.74, 6) is -1.07. The Morgan fingerprint density at radius 2 is 2.06 bits per heavy atom. The van der Waals surface area contributed by atoms with Crippen molar-refractivity contribution in [1.29, 1.82) is 0 Å². The Hall–Kier alpha value is -0.505. The second-order valence-corrected chi connectivity index (χ2v) is 5.84. The van der Waals surface area contributed by atoms with Gasteiger partial charge in [0.15, 0.2) is 0 Å². The van der Waals surface area contributed by atoms with E-state index < -0.39 is 33.7 Å². The molecule has 0 spiro atoms. The molecule has 0 saturated carbocycles. The Bertz CT molecular complexity index is 332. The molecule has 0 bridgehead atoms. The van der Waals surface area contributed by atoms with Gasteiger partial charge in [-0.1, -0.05) is 0 Å². The fourth-order valence-corrected chi connectivity index (χ4v) is 1.97. The predicted molar refractivity (Wildman–Crippen MR) is 45.6 cm³/mol. The molecule has 1 fully saturated rings. The van der Waals surface area contributed by atoms with Crippen LogP contribution in [-0.2, 0) is 35.7 Å². The number of ether oxygens (including phenoxy) is 1. The van der Waals surface area contributed by atoms with Gasteiger partial charge in [0.2, 0.25) is 0 Å². The summed E-state index contributed by atoms with van der Waals surface area (Å²) in [6.07, 6.45) is -5.82. The normalized spacial score (nSPS) is 30.8. The van der Waals surface area contributed by atoms with Crippen molar-refractivity contribution in [3.05, 3.63) is 12.3 Å². The van der Waals surface area contributed by atoms with Crippen molar-refractivity contribution in [2.45, 2.75) is 24.4 Å². The Morgan fingerprint density at radius 1 is 1.50 bits per heavy atom. The average Bonchev–Trinajstić information content (AvgIpc) is 2.44. The van der Waals surface area contributed by atoms with Crippen molar-refractivity contribution in [1.82, 2.24) is 5.32 Å². The molecule has 0 aromatic carbocycles. The third kappa shape index (κ3) is 2.79. The van der Waals surface area contributed by atoms with Gasteiger partial charge in [0.1, 0.15) is 0 Å². The van der Waals surface area contributed by atoms with Gasteiger partial charge in [-0.25, -0.2) is 0 Å². The molecular weight excluding hydrogens is 407 g/mol. The molecule has 8 heteroatoms. The van der Waals surface area contributed by atoms with E-state index in [0.29, 0.717) is 0 Å². The summed E-state index contributed by atoms with van der Waals surface area (Å²) >= 11 is -0.285. The van der Waals surface area contributed by atoms with Crippen LogP contribution in [0.25, 0.3) is 0 Å². The fourth-order valence-electron chi connectivity index (χ4n) is 1.30. The number of aliphatic hydroxyl groups excluding tert-OH is 3. The van der Waals surface area contributed by atoms with Gasteiger partial charge in [0, 0.05) is 0 Å². The number of rotatable bonds is 2. The molecule has 2 amide bonds. The molecule has 4 N–H and O–H groups in total. The molecule has 1 aliphatic heterocycles. The van der Waals surface area contributed by atoms with E-state index in [0.717, 1.165) is 0 Å². The Kier molecular flexibility index (Phi) is 4.42. The molecule has 0 radical (unpaired) electrons. The van der Waals surface area contributed by atoms with E-state index >= 15 is 0 Å². The van der Waals surface area contributed by atoms with E-state index in [9.17, 15) is 24.9 Å². The molecule has 4 unspecified atom stereocenters. The first-order chi connectivity index (χ1) is 7.34. The Morgan fingerprint density at radius 3 is 2.44 bits per heavy atom. The molecule has 1 aliphatic rings. The molecular formula is C8H10HgNO6. The van der Waals surface area contributed by atoms with E-state index in [4.69, 9.17) is 4.74 Å². The van der Waals surface area contributed by atoms with Crippen LogP contribution in [0.15, 0.2) is 12.3 Å². The summed E-state index contributed by atoms with van der Waals surface area (Å²) in [6, 6.07) is 0. The zero-order valence-electron chi connectivity index (χ0n) is 8.29. The van der Waals surface area contributed by atoms with Crippen molar-refractivity contribution in [3.8, 4) is 0 Å². The molecule has 1 saturated heterocycles. The van der Waals surface area contributed by atoms with Crippen molar-refractivity contribution in [3.63, 3.8) is 0 Å². The fraction of sp³-hybridized carbons (Fsp3) is 0.500. The summed E-state index contributed by atoms with van der Waals surface area (Å²) in [6.45, 7) is 3.31. The van der Waals surface area contributed by atoms with Crippen LogP contribution in [-0.4, -0.2) is 49.1 Å². The predicted octanol–water partition coefficient (Wildman–Crippen LogP) is -2.24. The number of imide groups is 1. The number of aliphatic hydroxyl groups is 3. The van der Waals surface area contributed by atoms with Gasteiger partial charge in [0.25, 0.3) is 0 Å². The van der Waals surface area contributed by atoms with Crippen LogP contribution in [0.1, 0.15) is 0 Å². The summed E-state index contributed by atoms with van der Waals surface area (Å²) < 4.78 is 4.40. The molecule has 85 valence electrons. The second-order valence-electron chi connectivity index (χ2n) is 3.34. The van der Waals surface area contributed by atoms with Crippen LogP contribution >= 0.6 is 0 Å². The number of hydrogen-bond donors (Lipinski definition) is 4. The SMILES string of the molecule is C=C1OC(C(O)C(=O)N[C](=O)[Hg])C(O)C1O. The van der Waals surface area contributed by atoms with E-state index in [2.05, 4.69) is 6.58 Å². The summed E-state index contributed by atoms with van der Waals surface area (Å²) in [5, 5.41) is 30.1. The zero-order chi connectivity index (χ0) is 12.5. The van der Waals surface area contributed by atoms with Gasteiger partial charge in [-0.15, -0.1) is 0 Å². The maximum absolute atomic E-state index is 11.2. The van der Waals surface area contributed by atoms with Gasteiger partial charge < -0.3 is 0 Å². The van der Waals surface area contributed by atoms with Crippen LogP contribution in [0, 0.1) is 0 Å². The molecule has 4 atom stereocenters. The van der Waals surface area contributed by atoms with Crippen LogP contribution in [0.2, 0.25) is 0 Å². The first-order valence-corrected chi connectivity index (χ1v) is 7.16. The number of nitrogens with one attached hydrogen (secondary N) is 1. The molecule has 0 aromatic heterocycles. The minimum atomic E-state index is -1.73. The van der Waals surface area contributed by atoms with E-state index in [1.165, 1.54) is 0 Å². The van der Waals surface area contributed by atoms with Gasteiger partial charge >= 0.3 is 107 Å². The molecule has 0 aliphatic carbocycles. The van der Waals surface area contributed by atoms with Crippen molar-refractivity contribution in [2.75, 3.05) is 0 Å². The molecule has 7 nitrogen and oxygen atoms in total. The molecule has 1 rings (SSSR count). The van der Waals surface area contributed by atoms with Gasteiger partial charge in [-0.2, -0.15) is 0 Å². The molecule has 16 heavy (non-hydrogen) atoms. The van der Waals surface area contributed by atoms with Gasteiger partial charge in [0.05, 0.1) is 0 Å². The van der Waals surface area contributed by atoms with E-state index in [1.54, 1.807) is 0 Å². The maximum atomic E-state index is 11.2. The quantitative estimate of drug-likeness (QED) is 0.379. The monoisotopic (exact) mass is 418 g/mol. The third-order valence-corrected chi connectivity index (χ3v) is 2.81. The average molecular weight is 417 g/mol. The number of hydrogen-bond acceptors (Lipinski definition) is 6. The van der Waals surface area contributed by atoms with Crippen molar-refractivity contribution >= 4 is 9.32 Å². The zero-order valence-corrected chi connectivity index (χ0v) is 13.8. The third-order valence-electron chi connectivity index (χ3n) is 2.12.